The average Bonchev–Trinajstić information content (AvgIpc) is 2.77. The molecule has 0 amide bonds. The van der Waals surface area contributed by atoms with Gasteiger partial charge >= 0.3 is 0 Å². The minimum absolute atomic E-state index is 0. The van der Waals surface area contributed by atoms with Crippen molar-refractivity contribution in [1.29, 1.82) is 0 Å². The van der Waals surface area contributed by atoms with E-state index in [1.807, 2.05) is 0 Å². The molecule has 1 nitrogen and oxygen atoms in total. The first-order valence-electron chi connectivity index (χ1n) is 8.55. The number of hydrogen-bond donors (Lipinski definition) is 0. The molecule has 0 aromatic heterocycles. The number of hydrogen-bond acceptors (Lipinski definition) is 1. The number of nitrogens with zero attached hydrogens (tertiary/aromatic N) is 1. The maximum Gasteiger partial charge on any atom is 0.000750 e. The molecule has 0 spiro atoms. The molecule has 0 N–H and O–H groups in total. The summed E-state index contributed by atoms with van der Waals surface area (Å²) in [5.41, 5.74) is 0. The molecule has 0 bridgehead atoms. The average molecular weight is 381 g/mol. The number of likely N-dealkylation sites (tertiary alicyclic amines) is 1. The molecule has 1 unspecified atom stereocenters. The molecule has 1 heterocycles. The molecule has 1 rings (SSSR count). The van der Waals surface area contributed by atoms with Crippen LogP contribution in [0.2, 0.25) is 0 Å². The molecule has 0 aromatic carbocycles. The van der Waals surface area contributed by atoms with Gasteiger partial charge in [-0.3, -0.25) is 0 Å². The van der Waals surface area contributed by atoms with Gasteiger partial charge in [-0.1, -0.05) is 71.6 Å². The van der Waals surface area contributed by atoms with Gasteiger partial charge in [0.2, 0.25) is 0 Å². The van der Waals surface area contributed by atoms with Gasteiger partial charge in [0.1, 0.15) is 0 Å². The Labute approximate surface area is 138 Å². The lowest BCUT2D eigenvalue weighted by molar-refractivity contribution is 0.317. The van der Waals surface area contributed by atoms with Crippen molar-refractivity contribution >= 4 is 24.0 Å². The van der Waals surface area contributed by atoms with Crippen molar-refractivity contribution in [2.24, 2.45) is 5.92 Å². The molecule has 1 atom stereocenters. The van der Waals surface area contributed by atoms with Crippen LogP contribution in [0.15, 0.2) is 0 Å². The summed E-state index contributed by atoms with van der Waals surface area (Å²) in [6, 6.07) is 0. The fourth-order valence-corrected chi connectivity index (χ4v) is 3.05. The molecular weight excluding hydrogens is 345 g/mol. The van der Waals surface area contributed by atoms with Gasteiger partial charge in [0, 0.05) is 6.54 Å². The van der Waals surface area contributed by atoms with Crippen LogP contribution < -0.4 is 0 Å². The Hall–Kier alpha value is 0.690. The summed E-state index contributed by atoms with van der Waals surface area (Å²) in [5, 5.41) is 0. The van der Waals surface area contributed by atoms with E-state index in [4.69, 9.17) is 0 Å². The quantitative estimate of drug-likeness (QED) is 0.320. The summed E-state index contributed by atoms with van der Waals surface area (Å²) < 4.78 is 0. The SMILES string of the molecule is CCCCCCCCCCCCN1CCC(C)C1.I. The van der Waals surface area contributed by atoms with Crippen molar-refractivity contribution in [2.75, 3.05) is 19.6 Å². The van der Waals surface area contributed by atoms with Crippen LogP contribution in [0.1, 0.15) is 84.5 Å². The monoisotopic (exact) mass is 381 g/mol. The second kappa shape index (κ2) is 13.7. The van der Waals surface area contributed by atoms with Crippen LogP contribution in [-0.2, 0) is 0 Å². The largest absolute Gasteiger partial charge is 0.303 e. The van der Waals surface area contributed by atoms with Crippen molar-refractivity contribution < 1.29 is 0 Å². The highest BCUT2D eigenvalue weighted by molar-refractivity contribution is 14.0. The minimum Gasteiger partial charge on any atom is -0.303 e. The van der Waals surface area contributed by atoms with Gasteiger partial charge in [-0.2, -0.15) is 0 Å². The van der Waals surface area contributed by atoms with Gasteiger partial charge in [-0.05, 0) is 31.8 Å². The van der Waals surface area contributed by atoms with E-state index in [-0.39, 0.29) is 24.0 Å². The molecule has 0 aliphatic carbocycles. The maximum atomic E-state index is 2.66. The first-order chi connectivity index (χ1) is 8.83. The highest BCUT2D eigenvalue weighted by Crippen LogP contribution is 2.16. The molecule has 1 saturated heterocycles. The second-order valence-corrected chi connectivity index (χ2v) is 6.38. The molecule has 1 fully saturated rings. The Morgan fingerprint density at radius 2 is 1.37 bits per heavy atom. The zero-order chi connectivity index (χ0) is 13.1. The van der Waals surface area contributed by atoms with E-state index in [1.54, 1.807) is 0 Å². The molecular formula is C17H36IN. The van der Waals surface area contributed by atoms with Gasteiger partial charge < -0.3 is 4.90 Å². The van der Waals surface area contributed by atoms with Crippen molar-refractivity contribution in [3.05, 3.63) is 0 Å². The minimum atomic E-state index is 0. The molecule has 2 heteroatoms. The lowest BCUT2D eigenvalue weighted by atomic mass is 10.1. The third-order valence-electron chi connectivity index (χ3n) is 4.34. The third-order valence-corrected chi connectivity index (χ3v) is 4.34. The fraction of sp³-hybridized carbons (Fsp3) is 1.00. The van der Waals surface area contributed by atoms with Crippen LogP contribution in [0.25, 0.3) is 0 Å². The highest BCUT2D eigenvalue weighted by Gasteiger charge is 2.17. The normalized spacial score (nSPS) is 19.6. The van der Waals surface area contributed by atoms with Gasteiger partial charge in [0.15, 0.2) is 0 Å². The van der Waals surface area contributed by atoms with Crippen molar-refractivity contribution in [3.63, 3.8) is 0 Å². The van der Waals surface area contributed by atoms with E-state index >= 15 is 0 Å². The molecule has 19 heavy (non-hydrogen) atoms. The lowest BCUT2D eigenvalue weighted by Crippen LogP contribution is -2.21. The van der Waals surface area contributed by atoms with E-state index in [0.29, 0.717) is 0 Å². The van der Waals surface area contributed by atoms with Gasteiger partial charge in [0.05, 0.1) is 0 Å². The predicted molar refractivity (Wildman–Crippen MR) is 97.5 cm³/mol. The first-order valence-corrected chi connectivity index (χ1v) is 8.55. The van der Waals surface area contributed by atoms with Gasteiger partial charge in [-0.15, -0.1) is 24.0 Å². The summed E-state index contributed by atoms with van der Waals surface area (Å²) in [7, 11) is 0. The van der Waals surface area contributed by atoms with Crippen molar-refractivity contribution in [1.82, 2.24) is 4.90 Å². The first kappa shape index (κ1) is 19.7. The van der Waals surface area contributed by atoms with Crippen LogP contribution in [0.3, 0.4) is 0 Å². The zero-order valence-corrected chi connectivity index (χ0v) is 15.7. The van der Waals surface area contributed by atoms with Crippen LogP contribution in [0.5, 0.6) is 0 Å². The van der Waals surface area contributed by atoms with E-state index in [0.717, 1.165) is 5.92 Å². The van der Waals surface area contributed by atoms with E-state index in [2.05, 4.69) is 18.7 Å². The Morgan fingerprint density at radius 3 is 1.84 bits per heavy atom. The molecule has 1 aliphatic heterocycles. The summed E-state index contributed by atoms with van der Waals surface area (Å²) in [6.45, 7) is 8.76. The summed E-state index contributed by atoms with van der Waals surface area (Å²) >= 11 is 0. The van der Waals surface area contributed by atoms with Crippen molar-refractivity contribution in [2.45, 2.75) is 84.5 Å². The van der Waals surface area contributed by atoms with Crippen LogP contribution >= 0.6 is 24.0 Å². The summed E-state index contributed by atoms with van der Waals surface area (Å²) in [4.78, 5) is 2.66. The van der Waals surface area contributed by atoms with Gasteiger partial charge in [0.25, 0.3) is 0 Å². The van der Waals surface area contributed by atoms with E-state index in [1.165, 1.54) is 90.3 Å². The third kappa shape index (κ3) is 11.1. The fourth-order valence-electron chi connectivity index (χ4n) is 3.05. The van der Waals surface area contributed by atoms with Gasteiger partial charge in [-0.25, -0.2) is 0 Å². The Kier molecular flexibility index (Phi) is 14.2. The lowest BCUT2D eigenvalue weighted by Gasteiger charge is -2.14. The molecule has 0 saturated carbocycles. The summed E-state index contributed by atoms with van der Waals surface area (Å²) in [6.07, 6.45) is 16.0. The Balaban J connectivity index is 0.00000324. The van der Waals surface area contributed by atoms with Crippen molar-refractivity contribution in [3.8, 4) is 0 Å². The standard InChI is InChI=1S/C17H35N.HI/c1-3-4-5-6-7-8-9-10-11-12-14-18-15-13-17(2)16-18;/h17H,3-16H2,1-2H3;1H. The second-order valence-electron chi connectivity index (χ2n) is 6.38. The Morgan fingerprint density at radius 1 is 0.842 bits per heavy atom. The smallest absolute Gasteiger partial charge is 0.000750 e. The Bertz CT molecular complexity index is 184. The number of rotatable bonds is 11. The topological polar surface area (TPSA) is 3.24 Å². The van der Waals surface area contributed by atoms with Crippen LogP contribution in [0.4, 0.5) is 0 Å². The molecule has 1 aliphatic rings. The van der Waals surface area contributed by atoms with E-state index in [9.17, 15) is 0 Å². The van der Waals surface area contributed by atoms with Crippen LogP contribution in [-0.4, -0.2) is 24.5 Å². The molecule has 116 valence electrons. The molecule has 0 radical (unpaired) electrons. The maximum absolute atomic E-state index is 2.66. The van der Waals surface area contributed by atoms with Crippen LogP contribution in [0, 0.1) is 5.92 Å². The van der Waals surface area contributed by atoms with E-state index < -0.39 is 0 Å². The number of halogens is 1. The summed E-state index contributed by atoms with van der Waals surface area (Å²) in [5.74, 6) is 0.952. The molecule has 0 aromatic rings. The highest BCUT2D eigenvalue weighted by atomic mass is 127. The number of unbranched alkanes of at least 4 members (excludes halogenated alkanes) is 9. The zero-order valence-electron chi connectivity index (χ0n) is 13.3. The predicted octanol–water partition coefficient (Wildman–Crippen LogP) is 5.87.